The van der Waals surface area contributed by atoms with Crippen molar-refractivity contribution >= 4 is 17.1 Å². The van der Waals surface area contributed by atoms with Gasteiger partial charge in [-0.1, -0.05) is 6.07 Å². The molecule has 13 heavy (non-hydrogen) atoms. The fourth-order valence-corrected chi connectivity index (χ4v) is 2.24. The Balaban J connectivity index is 1.91. The molecule has 0 N–H and O–H groups in total. The largest absolute Gasteiger partial charge is 0.370 e. The lowest BCUT2D eigenvalue weighted by atomic mass is 10.1. The van der Waals surface area contributed by atoms with E-state index in [9.17, 15) is 4.79 Å². The molecule has 1 atom stereocenters. The highest BCUT2D eigenvalue weighted by Gasteiger charge is 2.23. The van der Waals surface area contributed by atoms with E-state index in [0.717, 1.165) is 24.3 Å². The second-order valence-corrected chi connectivity index (χ2v) is 4.26. The average Bonchev–Trinajstić information content (AvgIpc) is 2.74. The molecule has 1 fully saturated rings. The maximum atomic E-state index is 11.6. The van der Waals surface area contributed by atoms with Gasteiger partial charge < -0.3 is 4.74 Å². The second kappa shape index (κ2) is 4.03. The van der Waals surface area contributed by atoms with Crippen LogP contribution in [0, 0.1) is 0 Å². The summed E-state index contributed by atoms with van der Waals surface area (Å²) in [5.41, 5.74) is 0. The molecule has 0 bridgehead atoms. The van der Waals surface area contributed by atoms with Gasteiger partial charge >= 0.3 is 0 Å². The minimum absolute atomic E-state index is 0.123. The first-order chi connectivity index (χ1) is 6.36. The van der Waals surface area contributed by atoms with E-state index in [4.69, 9.17) is 4.74 Å². The summed E-state index contributed by atoms with van der Waals surface area (Å²) in [7, 11) is 0. The summed E-state index contributed by atoms with van der Waals surface area (Å²) in [6, 6.07) is 3.97. The van der Waals surface area contributed by atoms with E-state index in [1.54, 1.807) is 11.3 Å². The van der Waals surface area contributed by atoms with Gasteiger partial charge in [-0.05, 0) is 24.3 Å². The number of hydrogen-bond acceptors (Lipinski definition) is 3. The molecule has 0 saturated carbocycles. The van der Waals surface area contributed by atoms with Gasteiger partial charge in [-0.25, -0.2) is 0 Å². The fourth-order valence-electron chi connectivity index (χ4n) is 1.53. The molecule has 1 aliphatic rings. The van der Waals surface area contributed by atoms with Crippen molar-refractivity contribution in [2.45, 2.75) is 25.4 Å². The normalized spacial score (nSPS) is 22.0. The van der Waals surface area contributed by atoms with Gasteiger partial charge in [-0.2, -0.15) is 0 Å². The number of ketones is 1. The summed E-state index contributed by atoms with van der Waals surface area (Å²) < 4.78 is 5.32. The van der Waals surface area contributed by atoms with Crippen molar-refractivity contribution < 1.29 is 9.53 Å². The predicted molar refractivity (Wildman–Crippen MR) is 52.0 cm³/mol. The second-order valence-electron chi connectivity index (χ2n) is 3.22. The van der Waals surface area contributed by atoms with Crippen molar-refractivity contribution in [2.24, 2.45) is 0 Å². The van der Waals surface area contributed by atoms with E-state index in [-0.39, 0.29) is 11.9 Å². The molecule has 1 saturated heterocycles. The lowest BCUT2D eigenvalue weighted by Gasteiger charge is -2.05. The van der Waals surface area contributed by atoms with Gasteiger partial charge in [0.2, 0.25) is 0 Å². The van der Waals surface area contributed by atoms with Gasteiger partial charge in [-0.3, -0.25) is 4.79 Å². The molecule has 0 aliphatic carbocycles. The van der Waals surface area contributed by atoms with Crippen LogP contribution in [0.5, 0.6) is 0 Å². The quantitative estimate of drug-likeness (QED) is 0.739. The molecule has 0 radical (unpaired) electrons. The zero-order chi connectivity index (χ0) is 9.10. The van der Waals surface area contributed by atoms with Crippen LogP contribution in [-0.2, 0) is 16.0 Å². The fraction of sp³-hybridized carbons (Fsp3) is 0.500. The molecule has 1 unspecified atom stereocenters. The van der Waals surface area contributed by atoms with E-state index in [0.29, 0.717) is 6.42 Å². The van der Waals surface area contributed by atoms with E-state index >= 15 is 0 Å². The summed E-state index contributed by atoms with van der Waals surface area (Å²) in [6.07, 6.45) is 2.36. The van der Waals surface area contributed by atoms with E-state index in [1.165, 1.54) is 0 Å². The molecule has 1 aromatic rings. The van der Waals surface area contributed by atoms with Crippen molar-refractivity contribution in [3.8, 4) is 0 Å². The maximum absolute atomic E-state index is 11.6. The zero-order valence-electron chi connectivity index (χ0n) is 7.36. The third-order valence-corrected chi connectivity index (χ3v) is 3.09. The Bertz CT molecular complexity index is 273. The van der Waals surface area contributed by atoms with Crippen LogP contribution < -0.4 is 0 Å². The Hall–Kier alpha value is -0.670. The van der Waals surface area contributed by atoms with Crippen molar-refractivity contribution in [2.75, 3.05) is 6.61 Å². The van der Waals surface area contributed by atoms with Crippen molar-refractivity contribution in [1.29, 1.82) is 0 Å². The van der Waals surface area contributed by atoms with Crippen LogP contribution in [0.3, 0.4) is 0 Å². The van der Waals surface area contributed by atoms with Crippen LogP contribution in [0.2, 0.25) is 0 Å². The van der Waals surface area contributed by atoms with Gasteiger partial charge in [0.15, 0.2) is 5.78 Å². The molecule has 70 valence electrons. The van der Waals surface area contributed by atoms with Crippen molar-refractivity contribution in [3.63, 3.8) is 0 Å². The maximum Gasteiger partial charge on any atom is 0.166 e. The number of carbonyl (C=O) groups is 1. The topological polar surface area (TPSA) is 26.3 Å². The highest BCUT2D eigenvalue weighted by Crippen LogP contribution is 2.17. The van der Waals surface area contributed by atoms with Gasteiger partial charge in [0.05, 0.1) is 0 Å². The highest BCUT2D eigenvalue weighted by molar-refractivity contribution is 7.10. The first-order valence-electron chi connectivity index (χ1n) is 4.53. The monoisotopic (exact) mass is 196 g/mol. The molecule has 3 heteroatoms. The van der Waals surface area contributed by atoms with Crippen molar-refractivity contribution in [3.05, 3.63) is 22.4 Å². The molecule has 1 aliphatic heterocycles. The smallest absolute Gasteiger partial charge is 0.166 e. The molecular weight excluding hydrogens is 184 g/mol. The Morgan fingerprint density at radius 2 is 2.62 bits per heavy atom. The average molecular weight is 196 g/mol. The third-order valence-electron chi connectivity index (χ3n) is 2.22. The van der Waals surface area contributed by atoms with Crippen LogP contribution in [0.1, 0.15) is 17.7 Å². The summed E-state index contributed by atoms with van der Waals surface area (Å²) in [4.78, 5) is 12.7. The molecule has 2 nitrogen and oxygen atoms in total. The summed E-state index contributed by atoms with van der Waals surface area (Å²) >= 11 is 1.63. The lowest BCUT2D eigenvalue weighted by molar-refractivity contribution is -0.127. The molecule has 2 rings (SSSR count). The molecule has 0 spiro atoms. The van der Waals surface area contributed by atoms with Crippen LogP contribution in [0.4, 0.5) is 0 Å². The minimum atomic E-state index is -0.123. The van der Waals surface area contributed by atoms with Crippen LogP contribution in [0.25, 0.3) is 0 Å². The lowest BCUT2D eigenvalue weighted by Crippen LogP contribution is -2.20. The first-order valence-corrected chi connectivity index (χ1v) is 5.41. The van der Waals surface area contributed by atoms with Crippen LogP contribution >= 0.6 is 11.3 Å². The summed E-state index contributed by atoms with van der Waals surface area (Å²) in [5.74, 6) is 0.236. The third kappa shape index (κ3) is 2.17. The van der Waals surface area contributed by atoms with Crippen LogP contribution in [0.15, 0.2) is 17.5 Å². The number of hydrogen-bond donors (Lipinski definition) is 0. The van der Waals surface area contributed by atoms with Gasteiger partial charge in [-0.15, -0.1) is 11.3 Å². The SMILES string of the molecule is O=C(Cc1cccs1)C1CCCO1. The molecule has 1 aromatic heterocycles. The molecule has 0 amide bonds. The Morgan fingerprint density at radius 1 is 1.69 bits per heavy atom. The zero-order valence-corrected chi connectivity index (χ0v) is 8.18. The molecule has 0 aromatic carbocycles. The number of carbonyl (C=O) groups excluding carboxylic acids is 1. The predicted octanol–water partition coefficient (Wildman–Crippen LogP) is 2.04. The standard InChI is InChI=1S/C10H12O2S/c11-9(10-4-1-5-12-10)7-8-3-2-6-13-8/h2-3,6,10H,1,4-5,7H2. The highest BCUT2D eigenvalue weighted by atomic mass is 32.1. The Labute approximate surface area is 81.5 Å². The Morgan fingerprint density at radius 3 is 3.23 bits per heavy atom. The number of thiophene rings is 1. The van der Waals surface area contributed by atoms with Gasteiger partial charge in [0.1, 0.15) is 6.10 Å². The number of Topliss-reactive ketones (excluding diaryl/α,β-unsaturated/α-hetero) is 1. The van der Waals surface area contributed by atoms with Gasteiger partial charge in [0, 0.05) is 17.9 Å². The molecular formula is C10H12O2S. The minimum Gasteiger partial charge on any atom is -0.370 e. The number of rotatable bonds is 3. The molecule has 2 heterocycles. The van der Waals surface area contributed by atoms with Crippen LogP contribution in [-0.4, -0.2) is 18.5 Å². The van der Waals surface area contributed by atoms with E-state index in [2.05, 4.69) is 0 Å². The number of ether oxygens (including phenoxy) is 1. The van der Waals surface area contributed by atoms with E-state index in [1.807, 2.05) is 17.5 Å². The van der Waals surface area contributed by atoms with Crippen molar-refractivity contribution in [1.82, 2.24) is 0 Å². The first kappa shape index (κ1) is 8.91. The summed E-state index contributed by atoms with van der Waals surface area (Å²) in [5, 5.41) is 2.00. The van der Waals surface area contributed by atoms with E-state index < -0.39 is 0 Å². The van der Waals surface area contributed by atoms with Gasteiger partial charge in [0.25, 0.3) is 0 Å². The summed E-state index contributed by atoms with van der Waals surface area (Å²) in [6.45, 7) is 0.751. The Kier molecular flexibility index (Phi) is 2.76.